The third-order valence-corrected chi connectivity index (χ3v) is 15.5. The fourth-order valence-corrected chi connectivity index (χ4v) is 8.12. The van der Waals surface area contributed by atoms with Crippen molar-refractivity contribution in [1.29, 1.82) is 0 Å². The molecule has 0 aliphatic carbocycles. The van der Waals surface area contributed by atoms with Gasteiger partial charge in [0.1, 0.15) is 19.7 Å². The van der Waals surface area contributed by atoms with Crippen LogP contribution in [0, 0.1) is 5.92 Å². The van der Waals surface area contributed by atoms with E-state index in [2.05, 4.69) is 73.7 Å². The number of carbonyl (C=O) groups excluding carboxylic acids is 1. The van der Waals surface area contributed by atoms with Crippen LogP contribution >= 0.6 is 0 Å². The van der Waals surface area contributed by atoms with E-state index < -0.39 is 24.0 Å². The Morgan fingerprint density at radius 2 is 1.83 bits per heavy atom. The maximum absolute atomic E-state index is 13.6. The summed E-state index contributed by atoms with van der Waals surface area (Å²) in [4.78, 5) is 25.0. The Morgan fingerprint density at radius 1 is 1.07 bits per heavy atom. The number of pyridine rings is 2. The van der Waals surface area contributed by atoms with Crippen LogP contribution in [0.3, 0.4) is 0 Å². The van der Waals surface area contributed by atoms with E-state index >= 15 is 0 Å². The van der Waals surface area contributed by atoms with Crippen LogP contribution in [-0.4, -0.2) is 60.8 Å². The zero-order valence-electron chi connectivity index (χ0n) is 25.0. The van der Waals surface area contributed by atoms with Crippen LogP contribution in [0.5, 0.6) is 0 Å². The van der Waals surface area contributed by atoms with E-state index in [-0.39, 0.29) is 21.2 Å². The van der Waals surface area contributed by atoms with Crippen LogP contribution < -0.4 is 20.3 Å². The quantitative estimate of drug-likeness (QED) is 0.421. The second-order valence-corrected chi connectivity index (χ2v) is 20.3. The smallest absolute Gasteiger partial charge is 0.281 e. The highest BCUT2D eigenvalue weighted by molar-refractivity contribution is 7.90. The molecule has 1 atom stereocenters. The molecule has 41 heavy (non-hydrogen) atoms. The Balaban J connectivity index is 1.60. The lowest BCUT2D eigenvalue weighted by Gasteiger charge is -2.35. The Labute approximate surface area is 244 Å². The number of anilines is 2. The van der Waals surface area contributed by atoms with E-state index in [4.69, 9.17) is 10.1 Å². The lowest BCUT2D eigenvalue weighted by atomic mass is 9.93. The number of rotatable bonds is 2. The molecular weight excluding hydrogens is 555 g/mol. The maximum Gasteiger partial charge on any atom is 0.281 e. The van der Waals surface area contributed by atoms with E-state index in [1.54, 1.807) is 28.9 Å². The summed E-state index contributed by atoms with van der Waals surface area (Å²) in [5.74, 6) is 1.17. The molecule has 4 bridgehead atoms. The number of hydrogen-bond acceptors (Lipinski definition) is 8. The van der Waals surface area contributed by atoms with Crippen LogP contribution in [0.4, 0.5) is 11.6 Å². The van der Waals surface area contributed by atoms with Crippen LogP contribution in [0.2, 0.25) is 18.1 Å². The highest BCUT2D eigenvalue weighted by Gasteiger charge is 2.41. The summed E-state index contributed by atoms with van der Waals surface area (Å²) >= 11 is 0. The molecule has 3 aromatic rings. The minimum atomic E-state index is -4.21. The summed E-state index contributed by atoms with van der Waals surface area (Å²) in [5, 5.41) is 9.16. The normalized spacial score (nSPS) is 20.8. The van der Waals surface area contributed by atoms with Crippen LogP contribution in [0.1, 0.15) is 64.2 Å². The lowest BCUT2D eigenvalue weighted by Crippen LogP contribution is -2.50. The molecule has 220 valence electrons. The summed E-state index contributed by atoms with van der Waals surface area (Å²) in [5.41, 5.74) is -0.0799. The average Bonchev–Trinajstić information content (AvgIpc) is 3.50. The first-order chi connectivity index (χ1) is 19.1. The van der Waals surface area contributed by atoms with Crippen molar-refractivity contribution < 1.29 is 13.2 Å². The predicted octanol–water partition coefficient (Wildman–Crippen LogP) is 4.31. The van der Waals surface area contributed by atoms with Gasteiger partial charge in [-0.05, 0) is 74.4 Å². The zero-order chi connectivity index (χ0) is 29.8. The minimum absolute atomic E-state index is 0.123. The molecule has 1 amide bonds. The summed E-state index contributed by atoms with van der Waals surface area (Å²) in [6, 6.07) is 10.2. The number of sulfonamides is 1. The third-order valence-electron chi connectivity index (χ3n) is 8.98. The van der Waals surface area contributed by atoms with Crippen molar-refractivity contribution in [2.24, 2.45) is 5.92 Å². The summed E-state index contributed by atoms with van der Waals surface area (Å²) in [7, 11) is -6.09. The molecule has 3 aromatic heterocycles. The van der Waals surface area contributed by atoms with Gasteiger partial charge in [0, 0.05) is 30.1 Å². The second kappa shape index (κ2) is 10.2. The Bertz CT molecular complexity index is 1580. The largest absolute Gasteiger partial charge is 0.370 e. The SMILES string of the molecule is CC1(C)C[C@@H]2CCCNc3cccc(n3)S(=O)(=O)NC(=O)c3ccc(-n4ccc([Si](C)(C)C(C)(C)C)n4)nc3N1C2. The second-order valence-electron chi connectivity index (χ2n) is 13.4. The van der Waals surface area contributed by atoms with Gasteiger partial charge >= 0.3 is 0 Å². The molecule has 1 fully saturated rings. The molecule has 2 aliphatic heterocycles. The van der Waals surface area contributed by atoms with Crippen molar-refractivity contribution in [3.05, 3.63) is 48.2 Å². The van der Waals surface area contributed by atoms with Gasteiger partial charge in [-0.1, -0.05) is 39.9 Å². The minimum Gasteiger partial charge on any atom is -0.370 e. The van der Waals surface area contributed by atoms with Gasteiger partial charge in [-0.3, -0.25) is 4.79 Å². The van der Waals surface area contributed by atoms with Crippen LogP contribution in [-0.2, 0) is 10.0 Å². The molecule has 5 rings (SSSR count). The molecule has 12 heteroatoms. The van der Waals surface area contributed by atoms with E-state index in [1.165, 1.54) is 6.07 Å². The lowest BCUT2D eigenvalue weighted by molar-refractivity contribution is 0.0981. The highest BCUT2D eigenvalue weighted by Crippen LogP contribution is 2.40. The van der Waals surface area contributed by atoms with Gasteiger partial charge in [0.15, 0.2) is 10.8 Å². The highest BCUT2D eigenvalue weighted by atomic mass is 32.2. The number of hydrogen-bond donors (Lipinski definition) is 2. The molecule has 2 N–H and O–H groups in total. The molecule has 0 radical (unpaired) electrons. The summed E-state index contributed by atoms with van der Waals surface area (Å²) in [6.07, 6.45) is 4.75. The molecule has 1 saturated heterocycles. The molecule has 0 unspecified atom stereocenters. The number of carbonyl (C=O) groups is 1. The molecule has 5 heterocycles. The fraction of sp³-hybridized carbons (Fsp3) is 0.517. The third kappa shape index (κ3) is 5.63. The van der Waals surface area contributed by atoms with Crippen LogP contribution in [0.25, 0.3) is 5.82 Å². The van der Waals surface area contributed by atoms with E-state index in [9.17, 15) is 13.2 Å². The van der Waals surface area contributed by atoms with Gasteiger partial charge in [0.2, 0.25) is 0 Å². The Kier molecular flexibility index (Phi) is 7.30. The molecular formula is C29H41N7O3SSi. The standard InChI is InChI=1S/C29H41N7O3SSi/c1-28(2,3)41(6,7)25-15-17-36(33-25)23-14-13-21-26(32-23)35-19-20(18-29(35,4)5)10-9-16-30-22-11-8-12-24(31-22)40(38,39)34-27(21)37/h8,11-15,17,20H,9-10,16,18-19H2,1-7H3,(H,30,31)(H,34,37)/t20-/m0/s1. The maximum atomic E-state index is 13.6. The van der Waals surface area contributed by atoms with Crippen molar-refractivity contribution in [2.75, 3.05) is 23.3 Å². The first kappa shape index (κ1) is 29.2. The zero-order valence-corrected chi connectivity index (χ0v) is 26.8. The van der Waals surface area contributed by atoms with Gasteiger partial charge in [0.25, 0.3) is 15.9 Å². The van der Waals surface area contributed by atoms with Gasteiger partial charge in [-0.15, -0.1) is 0 Å². The summed E-state index contributed by atoms with van der Waals surface area (Å²) in [6.45, 7) is 17.1. The number of fused-ring (bicyclic) bond motifs is 6. The molecule has 0 aromatic carbocycles. The van der Waals surface area contributed by atoms with Crippen molar-refractivity contribution >= 4 is 41.0 Å². The molecule has 2 aliphatic rings. The first-order valence-electron chi connectivity index (χ1n) is 14.2. The Hall–Kier alpha value is -3.25. The van der Waals surface area contributed by atoms with Crippen LogP contribution in [0.15, 0.2) is 47.6 Å². The monoisotopic (exact) mass is 595 g/mol. The van der Waals surface area contributed by atoms with Crippen molar-refractivity contribution in [3.8, 4) is 5.82 Å². The van der Waals surface area contributed by atoms with Gasteiger partial charge in [0.05, 0.1) is 5.56 Å². The van der Waals surface area contributed by atoms with E-state index in [0.29, 0.717) is 29.9 Å². The van der Waals surface area contributed by atoms with Crippen molar-refractivity contribution in [1.82, 2.24) is 24.5 Å². The van der Waals surface area contributed by atoms with Crippen molar-refractivity contribution in [2.45, 2.75) is 82.6 Å². The number of nitrogens with one attached hydrogen (secondary N) is 2. The summed E-state index contributed by atoms with van der Waals surface area (Å²) < 4.78 is 30.4. The average molecular weight is 596 g/mol. The van der Waals surface area contributed by atoms with Crippen molar-refractivity contribution in [3.63, 3.8) is 0 Å². The fourth-order valence-electron chi connectivity index (χ4n) is 5.57. The Morgan fingerprint density at radius 3 is 2.56 bits per heavy atom. The molecule has 10 nitrogen and oxygen atoms in total. The van der Waals surface area contributed by atoms with Gasteiger partial charge in [-0.2, -0.15) is 13.5 Å². The van der Waals surface area contributed by atoms with Gasteiger partial charge in [-0.25, -0.2) is 19.4 Å². The first-order valence-corrected chi connectivity index (χ1v) is 18.7. The number of aromatic nitrogens is 4. The number of amides is 1. The topological polar surface area (TPSA) is 122 Å². The molecule has 0 saturated carbocycles. The van der Waals surface area contributed by atoms with Gasteiger partial charge < -0.3 is 10.2 Å². The number of nitrogens with zero attached hydrogens (tertiary/aromatic N) is 5. The molecule has 0 spiro atoms. The van der Waals surface area contributed by atoms with E-state index in [1.807, 2.05) is 6.20 Å². The predicted molar refractivity (Wildman–Crippen MR) is 164 cm³/mol. The van der Waals surface area contributed by atoms with E-state index in [0.717, 1.165) is 31.1 Å².